The van der Waals surface area contributed by atoms with Crippen LogP contribution in [0.4, 0.5) is 0 Å². The van der Waals surface area contributed by atoms with Gasteiger partial charge in [0.2, 0.25) is 5.89 Å². The zero-order valence-electron chi connectivity index (χ0n) is 10.8. The second kappa shape index (κ2) is 5.55. The monoisotopic (exact) mass is 258 g/mol. The average molecular weight is 258 g/mol. The Kier molecular flexibility index (Phi) is 3.62. The highest BCUT2D eigenvalue weighted by atomic mass is 16.3. The van der Waals surface area contributed by atoms with E-state index in [1.165, 1.54) is 0 Å². The third-order valence-corrected chi connectivity index (χ3v) is 3.44. The van der Waals surface area contributed by atoms with Crippen molar-refractivity contribution in [2.45, 2.75) is 25.5 Å². The van der Waals surface area contributed by atoms with Gasteiger partial charge in [0.15, 0.2) is 0 Å². The number of hydrogen-bond donors (Lipinski definition) is 1. The van der Waals surface area contributed by atoms with Gasteiger partial charge in [0.05, 0.1) is 11.8 Å². The summed E-state index contributed by atoms with van der Waals surface area (Å²) >= 11 is 0. The van der Waals surface area contributed by atoms with Crippen LogP contribution in [-0.2, 0) is 6.54 Å². The molecule has 100 valence electrons. The van der Waals surface area contributed by atoms with Crippen LogP contribution >= 0.6 is 0 Å². The van der Waals surface area contributed by atoms with Crippen molar-refractivity contribution in [3.63, 3.8) is 0 Å². The summed E-state index contributed by atoms with van der Waals surface area (Å²) in [6.07, 6.45) is 3.47. The molecular weight excluding hydrogens is 240 g/mol. The molecule has 4 nitrogen and oxygen atoms in total. The smallest absolute Gasteiger partial charge is 0.226 e. The Balaban J connectivity index is 1.68. The minimum absolute atomic E-state index is 0.200. The third-order valence-electron chi connectivity index (χ3n) is 3.44. The maximum Gasteiger partial charge on any atom is 0.226 e. The second-order valence-electron chi connectivity index (χ2n) is 5.04. The Morgan fingerprint density at radius 1 is 1.32 bits per heavy atom. The number of aromatic nitrogens is 1. The van der Waals surface area contributed by atoms with Crippen LogP contribution in [0, 0.1) is 0 Å². The summed E-state index contributed by atoms with van der Waals surface area (Å²) < 4.78 is 5.52. The minimum atomic E-state index is -0.200. The summed E-state index contributed by atoms with van der Waals surface area (Å²) in [4.78, 5) is 6.73. The molecule has 0 radical (unpaired) electrons. The van der Waals surface area contributed by atoms with E-state index in [2.05, 4.69) is 9.88 Å². The van der Waals surface area contributed by atoms with Crippen molar-refractivity contribution in [3.05, 3.63) is 42.3 Å². The number of benzene rings is 1. The van der Waals surface area contributed by atoms with E-state index in [0.717, 1.165) is 43.7 Å². The van der Waals surface area contributed by atoms with E-state index in [-0.39, 0.29) is 6.10 Å². The van der Waals surface area contributed by atoms with E-state index in [9.17, 15) is 5.11 Å². The lowest BCUT2D eigenvalue weighted by molar-refractivity contribution is 0.0662. The summed E-state index contributed by atoms with van der Waals surface area (Å²) in [5, 5.41) is 9.66. The molecule has 3 rings (SSSR count). The van der Waals surface area contributed by atoms with Gasteiger partial charge in [0, 0.05) is 18.7 Å². The Morgan fingerprint density at radius 3 is 2.95 bits per heavy atom. The molecule has 0 spiro atoms. The molecule has 0 amide bonds. The number of nitrogens with zero attached hydrogens (tertiary/aromatic N) is 2. The van der Waals surface area contributed by atoms with Gasteiger partial charge in [-0.2, -0.15) is 0 Å². The van der Waals surface area contributed by atoms with Gasteiger partial charge in [-0.05, 0) is 31.5 Å². The number of piperidine rings is 1. The molecule has 1 N–H and O–H groups in total. The maximum absolute atomic E-state index is 9.66. The van der Waals surface area contributed by atoms with Crippen molar-refractivity contribution in [3.8, 4) is 11.5 Å². The van der Waals surface area contributed by atoms with Crippen LogP contribution in [0.5, 0.6) is 0 Å². The minimum Gasteiger partial charge on any atom is -0.444 e. The number of aliphatic hydroxyl groups excluding tert-OH is 1. The van der Waals surface area contributed by atoms with E-state index in [1.54, 1.807) is 6.26 Å². The van der Waals surface area contributed by atoms with Crippen molar-refractivity contribution in [1.82, 2.24) is 9.88 Å². The summed E-state index contributed by atoms with van der Waals surface area (Å²) in [7, 11) is 0. The molecule has 0 bridgehead atoms. The molecule has 19 heavy (non-hydrogen) atoms. The number of rotatable bonds is 3. The first-order valence-corrected chi connectivity index (χ1v) is 6.71. The normalized spacial score (nSPS) is 20.6. The fourth-order valence-corrected chi connectivity index (χ4v) is 2.50. The van der Waals surface area contributed by atoms with Crippen LogP contribution < -0.4 is 0 Å². The summed E-state index contributed by atoms with van der Waals surface area (Å²) in [6, 6.07) is 9.89. The summed E-state index contributed by atoms with van der Waals surface area (Å²) in [5.41, 5.74) is 1.92. The molecule has 0 saturated carbocycles. The largest absolute Gasteiger partial charge is 0.444 e. The van der Waals surface area contributed by atoms with E-state index in [4.69, 9.17) is 4.42 Å². The van der Waals surface area contributed by atoms with Crippen LogP contribution in [0.3, 0.4) is 0 Å². The van der Waals surface area contributed by atoms with E-state index >= 15 is 0 Å². The van der Waals surface area contributed by atoms with Crippen LogP contribution in [0.15, 0.2) is 41.0 Å². The van der Waals surface area contributed by atoms with Crippen LogP contribution in [0.25, 0.3) is 11.5 Å². The average Bonchev–Trinajstić information content (AvgIpc) is 2.88. The quantitative estimate of drug-likeness (QED) is 0.917. The van der Waals surface area contributed by atoms with Gasteiger partial charge in [-0.3, -0.25) is 4.90 Å². The lowest BCUT2D eigenvalue weighted by Crippen LogP contribution is -2.37. The standard InChI is InChI=1S/C15H18N2O2/c18-14-7-4-8-17(10-14)9-13-11-19-15(16-13)12-5-2-1-3-6-12/h1-3,5-6,11,14,18H,4,7-10H2. The van der Waals surface area contributed by atoms with Crippen LogP contribution in [0.2, 0.25) is 0 Å². The Hall–Kier alpha value is -1.65. The molecule has 4 heteroatoms. The summed E-state index contributed by atoms with van der Waals surface area (Å²) in [5.74, 6) is 0.660. The van der Waals surface area contributed by atoms with Crippen LogP contribution in [0.1, 0.15) is 18.5 Å². The molecule has 2 heterocycles. The van der Waals surface area contributed by atoms with Crippen molar-refractivity contribution in [2.75, 3.05) is 13.1 Å². The van der Waals surface area contributed by atoms with Gasteiger partial charge in [-0.1, -0.05) is 18.2 Å². The molecule has 1 saturated heterocycles. The second-order valence-corrected chi connectivity index (χ2v) is 5.04. The molecule has 1 atom stereocenters. The molecule has 1 unspecified atom stereocenters. The number of hydrogen-bond acceptors (Lipinski definition) is 4. The maximum atomic E-state index is 9.66. The zero-order valence-corrected chi connectivity index (χ0v) is 10.8. The zero-order chi connectivity index (χ0) is 13.1. The molecule has 1 aliphatic heterocycles. The Bertz CT molecular complexity index is 524. The van der Waals surface area contributed by atoms with Crippen molar-refractivity contribution < 1.29 is 9.52 Å². The van der Waals surface area contributed by atoms with Gasteiger partial charge in [-0.25, -0.2) is 4.98 Å². The molecule has 2 aromatic rings. The highest BCUT2D eigenvalue weighted by Crippen LogP contribution is 2.19. The third kappa shape index (κ3) is 3.03. The lowest BCUT2D eigenvalue weighted by atomic mass is 10.1. The van der Waals surface area contributed by atoms with Gasteiger partial charge in [0.1, 0.15) is 6.26 Å². The molecule has 1 aromatic carbocycles. The van der Waals surface area contributed by atoms with Gasteiger partial charge in [0.25, 0.3) is 0 Å². The first-order chi connectivity index (χ1) is 9.31. The predicted molar refractivity (Wildman–Crippen MR) is 72.5 cm³/mol. The van der Waals surface area contributed by atoms with Gasteiger partial charge in [-0.15, -0.1) is 0 Å². The highest BCUT2D eigenvalue weighted by molar-refractivity contribution is 5.52. The van der Waals surface area contributed by atoms with Crippen molar-refractivity contribution >= 4 is 0 Å². The molecule has 0 aliphatic carbocycles. The Morgan fingerprint density at radius 2 is 2.16 bits per heavy atom. The van der Waals surface area contributed by atoms with Gasteiger partial charge < -0.3 is 9.52 Å². The SMILES string of the molecule is OC1CCCN(Cc2coc(-c3ccccc3)n2)C1. The fourth-order valence-electron chi connectivity index (χ4n) is 2.50. The van der Waals surface area contributed by atoms with Gasteiger partial charge >= 0.3 is 0 Å². The molecule has 1 fully saturated rings. The Labute approximate surface area is 112 Å². The molecule has 1 aromatic heterocycles. The van der Waals surface area contributed by atoms with Crippen LogP contribution in [-0.4, -0.2) is 34.2 Å². The number of β-amino-alcohol motifs (C(OH)–C–C–N with tert-alkyl or cyclic N) is 1. The van der Waals surface area contributed by atoms with E-state index in [0.29, 0.717) is 5.89 Å². The predicted octanol–water partition coefficient (Wildman–Crippen LogP) is 2.30. The fraction of sp³-hybridized carbons (Fsp3) is 0.400. The lowest BCUT2D eigenvalue weighted by Gasteiger charge is -2.29. The molecule has 1 aliphatic rings. The number of oxazole rings is 1. The van der Waals surface area contributed by atoms with E-state index in [1.807, 2.05) is 30.3 Å². The molecular formula is C15H18N2O2. The first-order valence-electron chi connectivity index (χ1n) is 6.71. The van der Waals surface area contributed by atoms with Crippen molar-refractivity contribution in [2.24, 2.45) is 0 Å². The summed E-state index contributed by atoms with van der Waals surface area (Å²) in [6.45, 7) is 2.49. The van der Waals surface area contributed by atoms with E-state index < -0.39 is 0 Å². The first kappa shape index (κ1) is 12.4. The highest BCUT2D eigenvalue weighted by Gasteiger charge is 2.18. The topological polar surface area (TPSA) is 49.5 Å². The number of likely N-dealkylation sites (tertiary alicyclic amines) is 1. The number of aliphatic hydroxyl groups is 1. The van der Waals surface area contributed by atoms with Crippen molar-refractivity contribution in [1.29, 1.82) is 0 Å².